The SMILES string of the molecule is [CH]=CCCc1ccc(CCCCC)cc1. The van der Waals surface area contributed by atoms with Crippen molar-refractivity contribution in [2.24, 2.45) is 0 Å². The van der Waals surface area contributed by atoms with Gasteiger partial charge in [0.05, 0.1) is 0 Å². The van der Waals surface area contributed by atoms with Crippen LogP contribution in [-0.2, 0) is 12.8 Å². The Morgan fingerprint density at radius 3 is 2.13 bits per heavy atom. The molecule has 0 aliphatic rings. The summed E-state index contributed by atoms with van der Waals surface area (Å²) < 4.78 is 0. The number of hydrogen-bond donors (Lipinski definition) is 0. The molecule has 0 saturated carbocycles. The van der Waals surface area contributed by atoms with Crippen LogP contribution in [0.4, 0.5) is 0 Å². The summed E-state index contributed by atoms with van der Waals surface area (Å²) in [6.45, 7) is 7.60. The largest absolute Gasteiger partial charge is 0.0842 e. The molecule has 1 radical (unpaired) electrons. The summed E-state index contributed by atoms with van der Waals surface area (Å²) in [6.07, 6.45) is 8.92. The van der Waals surface area contributed by atoms with Gasteiger partial charge >= 0.3 is 0 Å². The second-order valence-electron chi connectivity index (χ2n) is 4.05. The van der Waals surface area contributed by atoms with Crippen molar-refractivity contribution in [3.8, 4) is 0 Å². The Morgan fingerprint density at radius 2 is 1.60 bits per heavy atom. The molecule has 1 rings (SSSR count). The maximum Gasteiger partial charge on any atom is -0.0244 e. The number of hydrogen-bond acceptors (Lipinski definition) is 0. The first-order valence-corrected chi connectivity index (χ1v) is 5.98. The third kappa shape index (κ3) is 4.83. The summed E-state index contributed by atoms with van der Waals surface area (Å²) in [7, 11) is 0. The van der Waals surface area contributed by atoms with E-state index in [0.29, 0.717) is 0 Å². The molecule has 0 N–H and O–H groups in total. The van der Waals surface area contributed by atoms with Gasteiger partial charge in [-0.25, -0.2) is 0 Å². The second-order valence-corrected chi connectivity index (χ2v) is 4.05. The van der Waals surface area contributed by atoms with Gasteiger partial charge in [-0.05, 0) is 36.8 Å². The van der Waals surface area contributed by atoms with Crippen molar-refractivity contribution >= 4 is 0 Å². The Balaban J connectivity index is 2.38. The first kappa shape index (κ1) is 12.0. The van der Waals surface area contributed by atoms with Crippen molar-refractivity contribution in [3.63, 3.8) is 0 Å². The van der Waals surface area contributed by atoms with Crippen LogP contribution in [0.15, 0.2) is 30.3 Å². The quantitative estimate of drug-likeness (QED) is 0.576. The Kier molecular flexibility index (Phi) is 5.84. The van der Waals surface area contributed by atoms with Gasteiger partial charge in [0.1, 0.15) is 0 Å². The number of aryl methyl sites for hydroxylation is 2. The van der Waals surface area contributed by atoms with Crippen LogP contribution < -0.4 is 0 Å². The molecule has 0 aliphatic heterocycles. The van der Waals surface area contributed by atoms with Gasteiger partial charge in [0, 0.05) is 0 Å². The molecule has 15 heavy (non-hydrogen) atoms. The minimum absolute atomic E-state index is 0.967. The van der Waals surface area contributed by atoms with E-state index in [1.54, 1.807) is 6.08 Å². The van der Waals surface area contributed by atoms with Crippen molar-refractivity contribution in [2.45, 2.75) is 45.4 Å². The van der Waals surface area contributed by atoms with E-state index in [-0.39, 0.29) is 0 Å². The lowest BCUT2D eigenvalue weighted by atomic mass is 10.0. The highest BCUT2D eigenvalue weighted by atomic mass is 14.0. The maximum atomic E-state index is 5.36. The Hall–Kier alpha value is -1.04. The van der Waals surface area contributed by atoms with Crippen LogP contribution >= 0.6 is 0 Å². The van der Waals surface area contributed by atoms with Crippen molar-refractivity contribution in [2.75, 3.05) is 0 Å². The molecule has 0 aromatic heterocycles. The van der Waals surface area contributed by atoms with Gasteiger partial charge in [-0.15, -0.1) is 0 Å². The summed E-state index contributed by atoms with van der Waals surface area (Å²) in [4.78, 5) is 0. The van der Waals surface area contributed by atoms with Gasteiger partial charge < -0.3 is 0 Å². The van der Waals surface area contributed by atoms with Crippen LogP contribution in [0.25, 0.3) is 0 Å². The average molecular weight is 201 g/mol. The van der Waals surface area contributed by atoms with E-state index < -0.39 is 0 Å². The van der Waals surface area contributed by atoms with E-state index in [9.17, 15) is 0 Å². The van der Waals surface area contributed by atoms with Gasteiger partial charge in [0.25, 0.3) is 0 Å². The standard InChI is InChI=1S/C15H21/c1-3-5-7-9-15-12-10-14(11-13-15)8-6-4-2/h2,4,10-13H,3,5-9H2,1H3. The highest BCUT2D eigenvalue weighted by Crippen LogP contribution is 2.10. The summed E-state index contributed by atoms with van der Waals surface area (Å²) in [5.74, 6) is 0. The maximum absolute atomic E-state index is 5.36. The van der Waals surface area contributed by atoms with E-state index in [4.69, 9.17) is 6.58 Å². The van der Waals surface area contributed by atoms with Crippen molar-refractivity contribution < 1.29 is 0 Å². The molecule has 1 aromatic carbocycles. The average Bonchev–Trinajstić information content (AvgIpc) is 2.28. The normalized spacial score (nSPS) is 10.2. The highest BCUT2D eigenvalue weighted by Gasteiger charge is 1.94. The summed E-state index contributed by atoms with van der Waals surface area (Å²) in [5.41, 5.74) is 2.85. The molecule has 0 amide bonds. The van der Waals surface area contributed by atoms with Gasteiger partial charge in [-0.2, -0.15) is 0 Å². The molecule has 0 nitrogen and oxygen atoms in total. The first-order chi connectivity index (χ1) is 7.36. The van der Waals surface area contributed by atoms with Gasteiger partial charge in [-0.1, -0.05) is 56.7 Å². The molecular weight excluding hydrogens is 180 g/mol. The van der Waals surface area contributed by atoms with E-state index in [0.717, 1.165) is 12.8 Å². The molecule has 0 atom stereocenters. The third-order valence-electron chi connectivity index (χ3n) is 2.69. The van der Waals surface area contributed by atoms with Gasteiger partial charge in [-0.3, -0.25) is 0 Å². The van der Waals surface area contributed by atoms with Gasteiger partial charge in [0.2, 0.25) is 0 Å². The molecule has 0 heterocycles. The van der Waals surface area contributed by atoms with Crippen molar-refractivity contribution in [1.82, 2.24) is 0 Å². The molecule has 0 saturated heterocycles. The Bertz CT molecular complexity index is 269. The van der Waals surface area contributed by atoms with E-state index >= 15 is 0 Å². The summed E-state index contributed by atoms with van der Waals surface area (Å²) in [6, 6.07) is 8.96. The number of rotatable bonds is 7. The van der Waals surface area contributed by atoms with Crippen LogP contribution in [0, 0.1) is 6.58 Å². The predicted molar refractivity (Wildman–Crippen MR) is 66.9 cm³/mol. The Morgan fingerprint density at radius 1 is 1.00 bits per heavy atom. The van der Waals surface area contributed by atoms with Crippen LogP contribution in [-0.4, -0.2) is 0 Å². The first-order valence-electron chi connectivity index (χ1n) is 5.98. The fourth-order valence-electron chi connectivity index (χ4n) is 1.70. The minimum atomic E-state index is 0.967. The molecule has 0 bridgehead atoms. The zero-order valence-electron chi connectivity index (χ0n) is 9.71. The molecule has 1 aromatic rings. The molecule has 0 aliphatic carbocycles. The van der Waals surface area contributed by atoms with Crippen LogP contribution in [0.2, 0.25) is 0 Å². The highest BCUT2D eigenvalue weighted by molar-refractivity contribution is 5.22. The molecule has 0 heteroatoms. The number of benzene rings is 1. The van der Waals surface area contributed by atoms with E-state index in [2.05, 4.69) is 31.2 Å². The zero-order valence-corrected chi connectivity index (χ0v) is 9.71. The van der Waals surface area contributed by atoms with Crippen LogP contribution in [0.5, 0.6) is 0 Å². The fourth-order valence-corrected chi connectivity index (χ4v) is 1.70. The van der Waals surface area contributed by atoms with E-state index in [1.807, 2.05) is 0 Å². The van der Waals surface area contributed by atoms with E-state index in [1.165, 1.54) is 36.8 Å². The molecular formula is C15H21. The molecule has 81 valence electrons. The summed E-state index contributed by atoms with van der Waals surface area (Å²) >= 11 is 0. The molecule has 0 unspecified atom stereocenters. The lowest BCUT2D eigenvalue weighted by Gasteiger charge is -2.02. The lowest BCUT2D eigenvalue weighted by Crippen LogP contribution is -1.88. The van der Waals surface area contributed by atoms with Gasteiger partial charge in [0.15, 0.2) is 0 Å². The van der Waals surface area contributed by atoms with Crippen molar-refractivity contribution in [1.29, 1.82) is 0 Å². The zero-order chi connectivity index (χ0) is 10.9. The third-order valence-corrected chi connectivity index (χ3v) is 2.69. The minimum Gasteiger partial charge on any atom is -0.0842 e. The smallest absolute Gasteiger partial charge is 0.0244 e. The predicted octanol–water partition coefficient (Wildman–Crippen LogP) is 4.34. The number of unbranched alkanes of at least 4 members (excludes halogenated alkanes) is 2. The van der Waals surface area contributed by atoms with Crippen molar-refractivity contribution in [3.05, 3.63) is 48.0 Å². The topological polar surface area (TPSA) is 0 Å². The van der Waals surface area contributed by atoms with Crippen LogP contribution in [0.3, 0.4) is 0 Å². The monoisotopic (exact) mass is 201 g/mol. The van der Waals surface area contributed by atoms with Crippen LogP contribution in [0.1, 0.15) is 43.7 Å². The Labute approximate surface area is 94.0 Å². The summed E-state index contributed by atoms with van der Waals surface area (Å²) in [5, 5.41) is 0. The lowest BCUT2D eigenvalue weighted by molar-refractivity contribution is 0.717. The molecule has 0 fully saturated rings. The fraction of sp³-hybridized carbons (Fsp3) is 0.467. The molecule has 0 spiro atoms. The second kappa shape index (κ2) is 7.28. The number of allylic oxidation sites excluding steroid dienone is 1.